The zero-order valence-electron chi connectivity index (χ0n) is 25.6. The van der Waals surface area contributed by atoms with Crippen molar-refractivity contribution in [3.63, 3.8) is 0 Å². The molecule has 0 unspecified atom stereocenters. The van der Waals surface area contributed by atoms with Crippen LogP contribution in [0, 0.1) is 0 Å². The summed E-state index contributed by atoms with van der Waals surface area (Å²) in [5.41, 5.74) is 2.19. The van der Waals surface area contributed by atoms with Crippen LogP contribution in [0.25, 0.3) is 10.8 Å². The molecule has 0 aliphatic rings. The van der Waals surface area contributed by atoms with Crippen LogP contribution in [0.15, 0.2) is 35.2 Å². The van der Waals surface area contributed by atoms with Crippen LogP contribution in [-0.4, -0.2) is 13.0 Å². The molecule has 0 saturated carbocycles. The van der Waals surface area contributed by atoms with E-state index in [1.807, 2.05) is 6.07 Å². The van der Waals surface area contributed by atoms with Crippen LogP contribution in [-0.2, 0) is 23.0 Å². The van der Waals surface area contributed by atoms with Gasteiger partial charge in [0.2, 0.25) is 0 Å². The molecule has 3 nitrogen and oxygen atoms in total. The molecule has 0 heterocycles. The standard InChI is InChI=1S/C34H56O3S.K/c1-3-5-7-9-11-13-15-17-19-21-24-30-28-29-31(25-22-20-18-16-14-12-10-8-6-4-2)34-32(30)26-23-27-33(34)38(35,36)37;/h23,26-29H,3-22,24-25H2,1-2H3,(H,35,36,37);/q;+1/p-1. The molecule has 5 heteroatoms. The molecule has 2 aromatic carbocycles. The number of rotatable bonds is 23. The molecule has 0 aliphatic carbocycles. The Morgan fingerprint density at radius 1 is 0.538 bits per heavy atom. The molecule has 2 aromatic rings. The quantitative estimate of drug-likeness (QED) is 0.0767. The summed E-state index contributed by atoms with van der Waals surface area (Å²) in [4.78, 5) is -0.0398. The van der Waals surface area contributed by atoms with Crippen molar-refractivity contribution in [3.05, 3.63) is 41.5 Å². The van der Waals surface area contributed by atoms with E-state index >= 15 is 0 Å². The molecule has 0 atom stereocenters. The van der Waals surface area contributed by atoms with E-state index in [0.717, 1.165) is 43.1 Å². The van der Waals surface area contributed by atoms with Crippen LogP contribution in [0.4, 0.5) is 0 Å². The summed E-state index contributed by atoms with van der Waals surface area (Å²) in [6.07, 6.45) is 27.5. The number of benzene rings is 2. The van der Waals surface area contributed by atoms with Gasteiger partial charge in [-0.15, -0.1) is 0 Å². The Kier molecular flexibility index (Phi) is 21.8. The molecule has 0 fully saturated rings. The molecule has 0 saturated heterocycles. The Bertz CT molecular complexity index is 1000. The summed E-state index contributed by atoms with van der Waals surface area (Å²) in [5.74, 6) is 0. The topological polar surface area (TPSA) is 57.2 Å². The maximum Gasteiger partial charge on any atom is 1.00 e. The molecule has 2 rings (SSSR count). The summed E-state index contributed by atoms with van der Waals surface area (Å²) >= 11 is 0. The van der Waals surface area contributed by atoms with Crippen molar-refractivity contribution in [1.82, 2.24) is 0 Å². The van der Waals surface area contributed by atoms with Gasteiger partial charge in [0, 0.05) is 5.39 Å². The van der Waals surface area contributed by atoms with Crippen molar-refractivity contribution in [2.45, 2.75) is 160 Å². The molecule has 0 radical (unpaired) electrons. The van der Waals surface area contributed by atoms with Gasteiger partial charge in [0.05, 0.1) is 4.90 Å². The van der Waals surface area contributed by atoms with E-state index < -0.39 is 10.1 Å². The molecule has 0 bridgehead atoms. The van der Waals surface area contributed by atoms with E-state index in [2.05, 4.69) is 26.0 Å². The van der Waals surface area contributed by atoms with E-state index in [9.17, 15) is 13.0 Å². The summed E-state index contributed by atoms with van der Waals surface area (Å²) in [6.45, 7) is 4.51. The van der Waals surface area contributed by atoms with Crippen molar-refractivity contribution in [3.8, 4) is 0 Å². The maximum absolute atomic E-state index is 12.1. The van der Waals surface area contributed by atoms with Crippen LogP contribution < -0.4 is 51.4 Å². The van der Waals surface area contributed by atoms with Gasteiger partial charge in [0.1, 0.15) is 10.1 Å². The first kappa shape index (κ1) is 37.3. The number of fused-ring (bicyclic) bond motifs is 1. The Labute approximate surface area is 283 Å². The Morgan fingerprint density at radius 3 is 1.36 bits per heavy atom. The minimum Gasteiger partial charge on any atom is -0.744 e. The molecule has 0 aliphatic heterocycles. The predicted octanol–water partition coefficient (Wildman–Crippen LogP) is 7.67. The van der Waals surface area contributed by atoms with Crippen molar-refractivity contribution in [2.24, 2.45) is 0 Å². The second-order valence-electron chi connectivity index (χ2n) is 11.4. The second-order valence-corrected chi connectivity index (χ2v) is 12.7. The van der Waals surface area contributed by atoms with E-state index in [0.29, 0.717) is 5.39 Å². The third-order valence-electron chi connectivity index (χ3n) is 8.05. The average molecular weight is 583 g/mol. The van der Waals surface area contributed by atoms with Crippen molar-refractivity contribution < 1.29 is 64.4 Å². The number of aryl methyl sites for hydroxylation is 2. The van der Waals surface area contributed by atoms with Gasteiger partial charge in [-0.05, 0) is 48.3 Å². The fourth-order valence-electron chi connectivity index (χ4n) is 5.74. The molecule has 0 amide bonds. The van der Waals surface area contributed by atoms with Crippen LogP contribution in [0.5, 0.6) is 0 Å². The first-order valence-corrected chi connectivity index (χ1v) is 17.4. The van der Waals surface area contributed by atoms with E-state index in [1.165, 1.54) is 121 Å². The van der Waals surface area contributed by atoms with Crippen molar-refractivity contribution in [2.75, 3.05) is 0 Å². The van der Waals surface area contributed by atoms with Gasteiger partial charge >= 0.3 is 51.4 Å². The van der Waals surface area contributed by atoms with Crippen molar-refractivity contribution >= 4 is 20.9 Å². The summed E-state index contributed by atoms with van der Waals surface area (Å²) < 4.78 is 36.4. The Balaban J connectivity index is 0.00000760. The molecule has 39 heavy (non-hydrogen) atoms. The predicted molar refractivity (Wildman–Crippen MR) is 163 cm³/mol. The minimum atomic E-state index is -4.52. The average Bonchev–Trinajstić information content (AvgIpc) is 2.90. The maximum atomic E-state index is 12.1. The summed E-state index contributed by atoms with van der Waals surface area (Å²) in [6, 6.07) is 9.52. The van der Waals surface area contributed by atoms with Crippen LogP contribution in [0.3, 0.4) is 0 Å². The Morgan fingerprint density at radius 2 is 0.923 bits per heavy atom. The van der Waals surface area contributed by atoms with Crippen LogP contribution in [0.2, 0.25) is 0 Å². The molecule has 216 valence electrons. The number of hydrogen-bond donors (Lipinski definition) is 0. The smallest absolute Gasteiger partial charge is 0.744 e. The Hall–Kier alpha value is 0.246. The van der Waals surface area contributed by atoms with E-state index in [-0.39, 0.29) is 56.3 Å². The van der Waals surface area contributed by atoms with Gasteiger partial charge in [0.25, 0.3) is 0 Å². The fourth-order valence-corrected chi connectivity index (χ4v) is 6.48. The van der Waals surface area contributed by atoms with Crippen LogP contribution in [0.1, 0.15) is 153 Å². The van der Waals surface area contributed by atoms with Gasteiger partial charge in [-0.1, -0.05) is 154 Å². The van der Waals surface area contributed by atoms with Gasteiger partial charge < -0.3 is 4.55 Å². The van der Waals surface area contributed by atoms with Crippen LogP contribution >= 0.6 is 0 Å². The summed E-state index contributed by atoms with van der Waals surface area (Å²) in [7, 11) is -4.52. The normalized spacial score (nSPS) is 11.7. The van der Waals surface area contributed by atoms with Crippen molar-refractivity contribution in [1.29, 1.82) is 0 Å². The first-order chi connectivity index (χ1) is 18.5. The molecule has 0 spiro atoms. The largest absolute Gasteiger partial charge is 1.00 e. The zero-order chi connectivity index (χ0) is 27.5. The van der Waals surface area contributed by atoms with Gasteiger partial charge in [-0.25, -0.2) is 8.42 Å². The molecule has 0 aromatic heterocycles. The van der Waals surface area contributed by atoms with Gasteiger partial charge in [-0.3, -0.25) is 0 Å². The third kappa shape index (κ3) is 15.3. The number of unbranched alkanes of at least 4 members (excludes halogenated alkanes) is 18. The first-order valence-electron chi connectivity index (χ1n) is 16.0. The second kappa shape index (κ2) is 22.8. The molecule has 0 N–H and O–H groups in total. The van der Waals surface area contributed by atoms with E-state index in [4.69, 9.17) is 0 Å². The SMILES string of the molecule is CCCCCCCCCCCCc1ccc(CCCCCCCCCCCC)c2c(S(=O)(=O)[O-])cccc12.[K+]. The zero-order valence-corrected chi connectivity index (χ0v) is 29.5. The van der Waals surface area contributed by atoms with E-state index in [1.54, 1.807) is 6.07 Å². The fraction of sp³-hybridized carbons (Fsp3) is 0.706. The summed E-state index contributed by atoms with van der Waals surface area (Å²) in [5, 5.41) is 1.64. The molecular formula is C34H55KO3S. The minimum absolute atomic E-state index is 0. The van der Waals surface area contributed by atoms with Gasteiger partial charge in [0.15, 0.2) is 0 Å². The number of hydrogen-bond acceptors (Lipinski definition) is 3. The molecular weight excluding hydrogens is 528 g/mol. The monoisotopic (exact) mass is 582 g/mol. The third-order valence-corrected chi connectivity index (χ3v) is 8.93. The van der Waals surface area contributed by atoms with Gasteiger partial charge in [-0.2, -0.15) is 0 Å².